The van der Waals surface area contributed by atoms with Gasteiger partial charge in [0.15, 0.2) is 0 Å². The summed E-state index contributed by atoms with van der Waals surface area (Å²) in [6, 6.07) is 15.8. The Morgan fingerprint density at radius 1 is 1.12 bits per heavy atom. The summed E-state index contributed by atoms with van der Waals surface area (Å²) in [6.07, 6.45) is 0. The summed E-state index contributed by atoms with van der Waals surface area (Å²) in [7, 11) is 1.63. The van der Waals surface area contributed by atoms with E-state index >= 15 is 0 Å². The van der Waals surface area contributed by atoms with Gasteiger partial charge in [-0.1, -0.05) is 44.2 Å². The molecule has 2 aromatic rings. The van der Waals surface area contributed by atoms with Crippen LogP contribution in [0.2, 0.25) is 0 Å². The number of carbonyl (C=O) groups is 3. The first-order valence-electron chi connectivity index (χ1n) is 11.0. The zero-order chi connectivity index (χ0) is 23.5. The number of rotatable bonds is 7. The zero-order valence-electron chi connectivity index (χ0n) is 19.0. The largest absolute Gasteiger partial charge is 0.457 e. The molecule has 4 amide bonds. The highest BCUT2D eigenvalue weighted by molar-refractivity contribution is 6.02. The standard InChI is InChI=1S/C25H28N4O4/c1-16(2)13-26-21(30)15-29-14-20-22(24(29)31)23(27-25(32)28(20)3)17-8-7-11-19(12-17)33-18-9-5-4-6-10-18/h4-12,16,23H,13-15H2,1-3H3,(H,26,30)(H,27,32). The van der Waals surface area contributed by atoms with Gasteiger partial charge in [0.25, 0.3) is 5.91 Å². The van der Waals surface area contributed by atoms with Crippen molar-refractivity contribution in [1.29, 1.82) is 0 Å². The molecule has 33 heavy (non-hydrogen) atoms. The summed E-state index contributed by atoms with van der Waals surface area (Å²) in [4.78, 5) is 41.2. The van der Waals surface area contributed by atoms with Crippen molar-refractivity contribution in [2.45, 2.75) is 19.9 Å². The summed E-state index contributed by atoms with van der Waals surface area (Å²) < 4.78 is 5.93. The number of likely N-dealkylation sites (N-methyl/N-ethyl adjacent to an activating group) is 1. The third kappa shape index (κ3) is 4.84. The molecule has 0 saturated carbocycles. The molecule has 0 bridgehead atoms. The number of nitrogens with one attached hydrogen (secondary N) is 2. The maximum atomic E-state index is 13.3. The quantitative estimate of drug-likeness (QED) is 0.681. The van der Waals surface area contributed by atoms with E-state index in [0.29, 0.717) is 35.2 Å². The lowest BCUT2D eigenvalue weighted by molar-refractivity contribution is -0.132. The van der Waals surface area contributed by atoms with Gasteiger partial charge in [-0.2, -0.15) is 0 Å². The van der Waals surface area contributed by atoms with E-state index in [-0.39, 0.29) is 30.9 Å². The second kappa shape index (κ2) is 9.36. The number of carbonyl (C=O) groups excluding carboxylic acids is 3. The van der Waals surface area contributed by atoms with Gasteiger partial charge < -0.3 is 20.3 Å². The first kappa shape index (κ1) is 22.4. The van der Waals surface area contributed by atoms with Crippen LogP contribution < -0.4 is 15.4 Å². The predicted octanol–water partition coefficient (Wildman–Crippen LogP) is 3.04. The zero-order valence-corrected chi connectivity index (χ0v) is 19.0. The van der Waals surface area contributed by atoms with Crippen molar-refractivity contribution >= 4 is 17.8 Å². The molecule has 172 valence electrons. The number of urea groups is 1. The topological polar surface area (TPSA) is 91.0 Å². The van der Waals surface area contributed by atoms with Gasteiger partial charge in [-0.15, -0.1) is 0 Å². The van der Waals surface area contributed by atoms with Crippen LogP contribution in [0.1, 0.15) is 25.5 Å². The molecular weight excluding hydrogens is 420 g/mol. The number of ether oxygens (including phenoxy) is 1. The first-order chi connectivity index (χ1) is 15.8. The molecule has 0 saturated heterocycles. The molecule has 1 unspecified atom stereocenters. The van der Waals surface area contributed by atoms with E-state index in [1.807, 2.05) is 68.4 Å². The van der Waals surface area contributed by atoms with Gasteiger partial charge in [-0.25, -0.2) is 4.79 Å². The van der Waals surface area contributed by atoms with Crippen molar-refractivity contribution in [3.63, 3.8) is 0 Å². The first-order valence-corrected chi connectivity index (χ1v) is 11.0. The average molecular weight is 449 g/mol. The number of nitrogens with zero attached hydrogens (tertiary/aromatic N) is 2. The van der Waals surface area contributed by atoms with E-state index in [4.69, 9.17) is 4.74 Å². The van der Waals surface area contributed by atoms with Gasteiger partial charge in [0, 0.05) is 13.6 Å². The Labute approximate surface area is 193 Å². The molecule has 0 aliphatic carbocycles. The van der Waals surface area contributed by atoms with Crippen molar-refractivity contribution in [3.05, 3.63) is 71.4 Å². The maximum Gasteiger partial charge on any atom is 0.322 e. The Morgan fingerprint density at radius 3 is 2.58 bits per heavy atom. The minimum Gasteiger partial charge on any atom is -0.457 e. The van der Waals surface area contributed by atoms with Crippen LogP contribution in [0.5, 0.6) is 11.5 Å². The van der Waals surface area contributed by atoms with Crippen molar-refractivity contribution < 1.29 is 19.1 Å². The van der Waals surface area contributed by atoms with Crippen LogP contribution in [0, 0.1) is 5.92 Å². The molecule has 2 aliphatic heterocycles. The lowest BCUT2D eigenvalue weighted by Crippen LogP contribution is -2.45. The highest BCUT2D eigenvalue weighted by Crippen LogP contribution is 2.36. The molecule has 0 spiro atoms. The molecule has 0 aromatic heterocycles. The Bertz CT molecular complexity index is 1100. The lowest BCUT2D eigenvalue weighted by Gasteiger charge is -2.31. The van der Waals surface area contributed by atoms with E-state index in [0.717, 1.165) is 5.56 Å². The lowest BCUT2D eigenvalue weighted by atomic mass is 9.95. The SMILES string of the molecule is CC(C)CNC(=O)CN1CC2=C(C1=O)C(c1cccc(Oc3ccccc3)c1)NC(=O)N2C. The highest BCUT2D eigenvalue weighted by Gasteiger charge is 2.43. The smallest absolute Gasteiger partial charge is 0.322 e. The van der Waals surface area contributed by atoms with E-state index in [9.17, 15) is 14.4 Å². The van der Waals surface area contributed by atoms with Crippen LogP contribution in [-0.2, 0) is 9.59 Å². The molecule has 2 heterocycles. The fourth-order valence-electron chi connectivity index (χ4n) is 3.93. The molecule has 1 atom stereocenters. The van der Waals surface area contributed by atoms with Gasteiger partial charge in [-0.05, 0) is 35.7 Å². The summed E-state index contributed by atoms with van der Waals surface area (Å²) in [6.45, 7) is 4.72. The normalized spacial score (nSPS) is 17.9. The number of benzene rings is 2. The van der Waals surface area contributed by atoms with Crippen molar-refractivity contribution in [3.8, 4) is 11.5 Å². The Kier molecular flexibility index (Phi) is 6.35. The van der Waals surface area contributed by atoms with E-state index in [1.54, 1.807) is 7.05 Å². The van der Waals surface area contributed by atoms with E-state index < -0.39 is 6.04 Å². The van der Waals surface area contributed by atoms with Crippen LogP contribution in [0.15, 0.2) is 65.9 Å². The molecule has 0 radical (unpaired) electrons. The number of amides is 4. The van der Waals surface area contributed by atoms with E-state index in [1.165, 1.54) is 9.80 Å². The third-order valence-corrected chi connectivity index (χ3v) is 5.65. The fraction of sp³-hybridized carbons (Fsp3) is 0.320. The molecule has 2 N–H and O–H groups in total. The second-order valence-electron chi connectivity index (χ2n) is 8.65. The monoisotopic (exact) mass is 448 g/mol. The number of para-hydroxylation sites is 1. The fourth-order valence-corrected chi connectivity index (χ4v) is 3.93. The number of hydrogen-bond donors (Lipinski definition) is 2. The van der Waals surface area contributed by atoms with Crippen LogP contribution in [-0.4, -0.2) is 54.3 Å². The third-order valence-electron chi connectivity index (χ3n) is 5.65. The molecule has 2 aromatic carbocycles. The van der Waals surface area contributed by atoms with Crippen molar-refractivity contribution in [1.82, 2.24) is 20.4 Å². The van der Waals surface area contributed by atoms with Gasteiger partial charge in [0.1, 0.15) is 18.0 Å². The van der Waals surface area contributed by atoms with Crippen LogP contribution >= 0.6 is 0 Å². The Balaban J connectivity index is 1.57. The average Bonchev–Trinajstić information content (AvgIpc) is 3.12. The maximum absolute atomic E-state index is 13.3. The van der Waals surface area contributed by atoms with Gasteiger partial charge >= 0.3 is 6.03 Å². The Morgan fingerprint density at radius 2 is 1.85 bits per heavy atom. The molecular formula is C25H28N4O4. The highest BCUT2D eigenvalue weighted by atomic mass is 16.5. The van der Waals surface area contributed by atoms with Crippen LogP contribution in [0.25, 0.3) is 0 Å². The summed E-state index contributed by atoms with van der Waals surface area (Å²) in [5.74, 6) is 1.14. The van der Waals surface area contributed by atoms with Gasteiger partial charge in [-0.3, -0.25) is 14.5 Å². The summed E-state index contributed by atoms with van der Waals surface area (Å²) in [5.41, 5.74) is 1.82. The van der Waals surface area contributed by atoms with Crippen molar-refractivity contribution in [2.24, 2.45) is 5.92 Å². The van der Waals surface area contributed by atoms with Gasteiger partial charge in [0.05, 0.1) is 23.9 Å². The molecule has 4 rings (SSSR count). The number of hydrogen-bond acceptors (Lipinski definition) is 4. The summed E-state index contributed by atoms with van der Waals surface area (Å²) >= 11 is 0. The van der Waals surface area contributed by atoms with Crippen LogP contribution in [0.3, 0.4) is 0 Å². The van der Waals surface area contributed by atoms with Crippen molar-refractivity contribution in [2.75, 3.05) is 26.7 Å². The second-order valence-corrected chi connectivity index (χ2v) is 8.65. The summed E-state index contributed by atoms with van der Waals surface area (Å²) in [5, 5.41) is 5.76. The molecule has 2 aliphatic rings. The van der Waals surface area contributed by atoms with Gasteiger partial charge in [0.2, 0.25) is 5.91 Å². The molecule has 8 nitrogen and oxygen atoms in total. The molecule has 8 heteroatoms. The van der Waals surface area contributed by atoms with E-state index in [2.05, 4.69) is 10.6 Å². The minimum atomic E-state index is -0.626. The minimum absolute atomic E-state index is 0.0511. The Hall–Kier alpha value is -3.81. The van der Waals surface area contributed by atoms with Crippen LogP contribution in [0.4, 0.5) is 4.79 Å². The predicted molar refractivity (Wildman–Crippen MR) is 123 cm³/mol. The molecule has 0 fully saturated rings.